The van der Waals surface area contributed by atoms with Gasteiger partial charge in [0.1, 0.15) is 6.73 Å². The summed E-state index contributed by atoms with van der Waals surface area (Å²) in [5, 5.41) is 3.41. The van der Waals surface area contributed by atoms with Gasteiger partial charge in [0, 0.05) is 31.6 Å². The number of fused-ring (bicyclic) bond motifs is 1. The van der Waals surface area contributed by atoms with Crippen LogP contribution in [-0.2, 0) is 24.0 Å². The highest BCUT2D eigenvalue weighted by Crippen LogP contribution is 2.25. The molecule has 1 aliphatic heterocycles. The second kappa shape index (κ2) is 8.05. The molecule has 27 heavy (non-hydrogen) atoms. The van der Waals surface area contributed by atoms with Crippen LogP contribution in [0.5, 0.6) is 0 Å². The summed E-state index contributed by atoms with van der Waals surface area (Å²) in [6.07, 6.45) is 8.21. The lowest BCUT2D eigenvalue weighted by Crippen LogP contribution is -2.33. The van der Waals surface area contributed by atoms with Gasteiger partial charge in [-0.05, 0) is 48.8 Å². The van der Waals surface area contributed by atoms with Crippen molar-refractivity contribution in [1.82, 2.24) is 14.9 Å². The van der Waals surface area contributed by atoms with E-state index in [4.69, 9.17) is 4.74 Å². The Morgan fingerprint density at radius 2 is 2.04 bits per heavy atom. The number of nitrogens with one attached hydrogen (secondary N) is 1. The molecule has 1 fully saturated rings. The number of carbonyl (C=O) groups is 1. The minimum atomic E-state index is -0.0659. The van der Waals surface area contributed by atoms with Crippen molar-refractivity contribution in [2.24, 2.45) is 0 Å². The molecule has 4 rings (SSSR count). The van der Waals surface area contributed by atoms with Crippen molar-refractivity contribution in [1.29, 1.82) is 0 Å². The Hall–Kier alpha value is -2.47. The van der Waals surface area contributed by atoms with Crippen LogP contribution in [0.25, 0.3) is 0 Å². The summed E-state index contributed by atoms with van der Waals surface area (Å²) in [4.78, 5) is 23.0. The molecule has 1 amide bonds. The number of hydrogen-bond acceptors (Lipinski definition) is 5. The van der Waals surface area contributed by atoms with Crippen molar-refractivity contribution in [2.75, 3.05) is 25.2 Å². The molecule has 0 radical (unpaired) electrons. The largest absolute Gasteiger partial charge is 0.361 e. The molecular weight excluding hydrogens is 340 g/mol. The monoisotopic (exact) mass is 366 g/mol. The van der Waals surface area contributed by atoms with E-state index < -0.39 is 0 Å². The predicted molar refractivity (Wildman–Crippen MR) is 104 cm³/mol. The second-order valence-corrected chi connectivity index (χ2v) is 7.31. The molecule has 2 aliphatic rings. The molecule has 1 aromatic carbocycles. The summed E-state index contributed by atoms with van der Waals surface area (Å²) >= 11 is 0. The van der Waals surface area contributed by atoms with E-state index >= 15 is 0 Å². The van der Waals surface area contributed by atoms with Crippen LogP contribution < -0.4 is 5.32 Å². The molecular formula is C21H26N4O2. The number of amides is 1. The van der Waals surface area contributed by atoms with E-state index in [1.165, 1.54) is 16.7 Å². The van der Waals surface area contributed by atoms with Crippen LogP contribution in [0.15, 0.2) is 30.6 Å². The SMILES string of the molecule is CCc1ccc2c(c1)CC(Nc1ncc(C(=O)N3CCCCOC3)cn1)C2. The van der Waals surface area contributed by atoms with Gasteiger partial charge in [0.15, 0.2) is 0 Å². The first-order chi connectivity index (χ1) is 13.2. The summed E-state index contributed by atoms with van der Waals surface area (Å²) < 4.78 is 5.46. The summed E-state index contributed by atoms with van der Waals surface area (Å²) in [5.41, 5.74) is 4.71. The van der Waals surface area contributed by atoms with Gasteiger partial charge in [0.05, 0.1) is 5.56 Å². The number of anilines is 1. The van der Waals surface area contributed by atoms with Crippen molar-refractivity contribution in [3.63, 3.8) is 0 Å². The fourth-order valence-electron chi connectivity index (χ4n) is 3.78. The first-order valence-electron chi connectivity index (χ1n) is 9.79. The summed E-state index contributed by atoms with van der Waals surface area (Å²) in [7, 11) is 0. The van der Waals surface area contributed by atoms with Crippen LogP contribution in [-0.4, -0.2) is 46.7 Å². The quantitative estimate of drug-likeness (QED) is 0.901. The van der Waals surface area contributed by atoms with Crippen molar-refractivity contribution in [3.05, 3.63) is 52.8 Å². The van der Waals surface area contributed by atoms with Crippen molar-refractivity contribution < 1.29 is 9.53 Å². The fraction of sp³-hybridized carbons (Fsp3) is 0.476. The molecule has 2 aromatic rings. The fourth-order valence-corrected chi connectivity index (χ4v) is 3.78. The van der Waals surface area contributed by atoms with Gasteiger partial charge in [0.2, 0.25) is 5.95 Å². The molecule has 0 bridgehead atoms. The smallest absolute Gasteiger partial charge is 0.258 e. The lowest BCUT2D eigenvalue weighted by Gasteiger charge is -2.19. The van der Waals surface area contributed by atoms with Gasteiger partial charge in [-0.3, -0.25) is 4.79 Å². The zero-order valence-corrected chi connectivity index (χ0v) is 15.8. The van der Waals surface area contributed by atoms with Gasteiger partial charge in [0.25, 0.3) is 5.91 Å². The zero-order chi connectivity index (χ0) is 18.6. The lowest BCUT2D eigenvalue weighted by atomic mass is 10.1. The van der Waals surface area contributed by atoms with Crippen LogP contribution >= 0.6 is 0 Å². The van der Waals surface area contributed by atoms with Crippen molar-refractivity contribution >= 4 is 11.9 Å². The van der Waals surface area contributed by atoms with E-state index in [1.54, 1.807) is 17.3 Å². The van der Waals surface area contributed by atoms with E-state index in [9.17, 15) is 4.79 Å². The highest BCUT2D eigenvalue weighted by atomic mass is 16.5. The van der Waals surface area contributed by atoms with Gasteiger partial charge >= 0.3 is 0 Å². The number of nitrogens with zero attached hydrogens (tertiary/aromatic N) is 3. The molecule has 0 saturated carbocycles. The van der Waals surface area contributed by atoms with Crippen molar-refractivity contribution in [3.8, 4) is 0 Å². The highest BCUT2D eigenvalue weighted by Gasteiger charge is 2.23. The Balaban J connectivity index is 1.37. The molecule has 1 atom stereocenters. The Bertz CT molecular complexity index is 798. The van der Waals surface area contributed by atoms with E-state index in [0.717, 1.165) is 38.6 Å². The molecule has 2 heterocycles. The normalized spacial score (nSPS) is 19.4. The summed E-state index contributed by atoms with van der Waals surface area (Å²) in [5.74, 6) is 0.510. The topological polar surface area (TPSA) is 67.4 Å². The van der Waals surface area contributed by atoms with Gasteiger partial charge in [-0.1, -0.05) is 25.1 Å². The summed E-state index contributed by atoms with van der Waals surface area (Å²) in [6.45, 7) is 3.96. The average molecular weight is 366 g/mol. The molecule has 1 saturated heterocycles. The van der Waals surface area contributed by atoms with Gasteiger partial charge in [-0.15, -0.1) is 0 Å². The maximum absolute atomic E-state index is 12.6. The Labute approximate surface area is 160 Å². The number of rotatable bonds is 4. The van der Waals surface area contributed by atoms with E-state index in [2.05, 4.69) is 40.4 Å². The Morgan fingerprint density at radius 3 is 2.85 bits per heavy atom. The van der Waals surface area contributed by atoms with Crippen molar-refractivity contribution in [2.45, 2.75) is 45.1 Å². The third kappa shape index (κ3) is 4.11. The van der Waals surface area contributed by atoms with Gasteiger partial charge in [-0.25, -0.2) is 9.97 Å². The molecule has 1 aromatic heterocycles. The number of aromatic nitrogens is 2. The number of hydrogen-bond donors (Lipinski definition) is 1. The third-order valence-electron chi connectivity index (χ3n) is 5.34. The Morgan fingerprint density at radius 1 is 1.22 bits per heavy atom. The number of benzene rings is 1. The minimum absolute atomic E-state index is 0.0659. The van der Waals surface area contributed by atoms with Crippen LogP contribution in [0, 0.1) is 0 Å². The molecule has 142 valence electrons. The lowest BCUT2D eigenvalue weighted by molar-refractivity contribution is 0.0368. The van der Waals surface area contributed by atoms with Crippen LogP contribution in [0.2, 0.25) is 0 Å². The van der Waals surface area contributed by atoms with E-state index in [1.807, 2.05) is 0 Å². The molecule has 1 aliphatic carbocycles. The van der Waals surface area contributed by atoms with E-state index in [0.29, 0.717) is 30.9 Å². The third-order valence-corrected chi connectivity index (χ3v) is 5.34. The number of ether oxygens (including phenoxy) is 1. The first-order valence-corrected chi connectivity index (χ1v) is 9.79. The van der Waals surface area contributed by atoms with Crippen LogP contribution in [0.3, 0.4) is 0 Å². The summed E-state index contributed by atoms with van der Waals surface area (Å²) in [6, 6.07) is 7.06. The molecule has 1 unspecified atom stereocenters. The van der Waals surface area contributed by atoms with Gasteiger partial charge in [-0.2, -0.15) is 0 Å². The minimum Gasteiger partial charge on any atom is -0.361 e. The molecule has 0 spiro atoms. The van der Waals surface area contributed by atoms with E-state index in [-0.39, 0.29) is 5.91 Å². The average Bonchev–Trinajstić information content (AvgIpc) is 2.90. The maximum atomic E-state index is 12.6. The molecule has 6 nitrogen and oxygen atoms in total. The predicted octanol–water partition coefficient (Wildman–Crippen LogP) is 2.83. The second-order valence-electron chi connectivity index (χ2n) is 7.31. The standard InChI is InChI=1S/C21H26N4O2/c1-2-15-5-6-16-10-19(11-17(16)9-15)24-21-22-12-18(13-23-21)20(26)25-7-3-4-8-27-14-25/h5-6,9,12-13,19H,2-4,7-8,10-11,14H2,1H3,(H,22,23,24). The molecule has 1 N–H and O–H groups in total. The first kappa shape index (κ1) is 17.9. The van der Waals surface area contributed by atoms with Crippen LogP contribution in [0.4, 0.5) is 5.95 Å². The van der Waals surface area contributed by atoms with Crippen LogP contribution in [0.1, 0.15) is 46.8 Å². The highest BCUT2D eigenvalue weighted by molar-refractivity contribution is 5.93. The Kier molecular flexibility index (Phi) is 5.34. The maximum Gasteiger partial charge on any atom is 0.258 e. The molecule has 6 heteroatoms. The number of aryl methyl sites for hydroxylation is 1. The zero-order valence-electron chi connectivity index (χ0n) is 15.8. The number of carbonyl (C=O) groups excluding carboxylic acids is 1. The van der Waals surface area contributed by atoms with Gasteiger partial charge < -0.3 is 15.0 Å².